The first-order valence-corrected chi connectivity index (χ1v) is 10.4. The predicted molar refractivity (Wildman–Crippen MR) is 100 cm³/mol. The van der Waals surface area contributed by atoms with Crippen LogP contribution in [-0.2, 0) is 23.0 Å². The van der Waals surface area contributed by atoms with E-state index in [-0.39, 0.29) is 4.90 Å². The van der Waals surface area contributed by atoms with Crippen molar-refractivity contribution in [1.29, 1.82) is 0 Å². The summed E-state index contributed by atoms with van der Waals surface area (Å²) in [6.45, 7) is 4.35. The molecule has 0 fully saturated rings. The number of hydrogen-bond acceptors (Lipinski definition) is 2. The maximum absolute atomic E-state index is 11.6. The molecule has 4 heteroatoms. The summed E-state index contributed by atoms with van der Waals surface area (Å²) >= 11 is 0. The van der Waals surface area contributed by atoms with Crippen LogP contribution in [0, 0.1) is 0 Å². The second-order valence-corrected chi connectivity index (χ2v) is 7.91. The third kappa shape index (κ3) is 4.81. The summed E-state index contributed by atoms with van der Waals surface area (Å²) in [7, 11) is -4.18. The van der Waals surface area contributed by atoms with Crippen molar-refractivity contribution in [2.75, 3.05) is 0 Å². The molecule has 0 saturated heterocycles. The van der Waals surface area contributed by atoms with Gasteiger partial charge in [-0.05, 0) is 59.7 Å². The first kappa shape index (κ1) is 18.9. The molecule has 0 heterocycles. The highest BCUT2D eigenvalue weighted by molar-refractivity contribution is 7.85. The fourth-order valence-electron chi connectivity index (χ4n) is 3.26. The second-order valence-electron chi connectivity index (χ2n) is 6.49. The largest absolute Gasteiger partial charge is 0.294 e. The van der Waals surface area contributed by atoms with E-state index in [1.165, 1.54) is 23.8 Å². The van der Waals surface area contributed by atoms with Gasteiger partial charge in [-0.3, -0.25) is 4.55 Å². The fourth-order valence-corrected chi connectivity index (χ4v) is 3.82. The lowest BCUT2D eigenvalue weighted by molar-refractivity contribution is 0.483. The highest BCUT2D eigenvalue weighted by Crippen LogP contribution is 2.29. The Morgan fingerprint density at radius 3 is 2.08 bits per heavy atom. The van der Waals surface area contributed by atoms with E-state index in [1.54, 1.807) is 12.1 Å². The van der Waals surface area contributed by atoms with Crippen LogP contribution in [0.3, 0.4) is 0 Å². The molecular formula is C20H28O3S. The Morgan fingerprint density at radius 1 is 0.875 bits per heavy atom. The van der Waals surface area contributed by atoms with E-state index in [2.05, 4.69) is 19.9 Å². The summed E-state index contributed by atoms with van der Waals surface area (Å²) in [5, 5.41) is 2.09. The summed E-state index contributed by atoms with van der Waals surface area (Å²) in [5.74, 6) is 0. The van der Waals surface area contributed by atoms with Gasteiger partial charge in [0.1, 0.15) is 0 Å². The van der Waals surface area contributed by atoms with Gasteiger partial charge in [-0.25, -0.2) is 0 Å². The van der Waals surface area contributed by atoms with Gasteiger partial charge in [0.05, 0.1) is 4.90 Å². The molecule has 1 N–H and O–H groups in total. The summed E-state index contributed by atoms with van der Waals surface area (Å²) in [4.78, 5) is 0.00667. The Bertz CT molecular complexity index is 779. The van der Waals surface area contributed by atoms with Crippen molar-refractivity contribution >= 4 is 20.9 Å². The topological polar surface area (TPSA) is 54.4 Å². The van der Waals surface area contributed by atoms with Crippen LogP contribution in [0.1, 0.15) is 63.5 Å². The molecule has 0 amide bonds. The zero-order valence-electron chi connectivity index (χ0n) is 14.7. The molecule has 2 aromatic carbocycles. The summed E-state index contributed by atoms with van der Waals surface area (Å²) in [6.07, 6.45) is 8.66. The first-order chi connectivity index (χ1) is 11.5. The molecule has 0 aliphatic heterocycles. The molecule has 0 saturated carbocycles. The van der Waals surface area contributed by atoms with Crippen molar-refractivity contribution in [2.45, 2.75) is 70.1 Å². The van der Waals surface area contributed by atoms with Crippen LogP contribution < -0.4 is 0 Å². The number of unbranched alkanes of at least 4 members (excludes halogenated alkanes) is 4. The molecule has 0 atom stereocenters. The number of fused-ring (bicyclic) bond motifs is 1. The Morgan fingerprint density at radius 2 is 1.50 bits per heavy atom. The Hall–Kier alpha value is -1.39. The lowest BCUT2D eigenvalue weighted by Crippen LogP contribution is -2.02. The van der Waals surface area contributed by atoms with Gasteiger partial charge in [0.2, 0.25) is 0 Å². The normalized spacial score (nSPS) is 12.0. The molecule has 24 heavy (non-hydrogen) atoms. The van der Waals surface area contributed by atoms with E-state index in [9.17, 15) is 13.0 Å². The molecule has 0 spiro atoms. The fraction of sp³-hybridized carbons (Fsp3) is 0.500. The van der Waals surface area contributed by atoms with Gasteiger partial charge >= 0.3 is 0 Å². The van der Waals surface area contributed by atoms with Crippen molar-refractivity contribution in [2.24, 2.45) is 0 Å². The summed E-state index contributed by atoms with van der Waals surface area (Å²) in [6, 6.07) is 9.33. The van der Waals surface area contributed by atoms with Gasteiger partial charge in [-0.15, -0.1) is 0 Å². The minimum Gasteiger partial charge on any atom is -0.282 e. The quantitative estimate of drug-likeness (QED) is 0.477. The Labute approximate surface area is 145 Å². The van der Waals surface area contributed by atoms with Crippen LogP contribution in [0.25, 0.3) is 10.8 Å². The van der Waals surface area contributed by atoms with E-state index in [0.717, 1.165) is 49.5 Å². The zero-order chi connectivity index (χ0) is 17.6. The van der Waals surface area contributed by atoms with Crippen LogP contribution in [0.2, 0.25) is 0 Å². The van der Waals surface area contributed by atoms with Crippen LogP contribution in [0.5, 0.6) is 0 Å². The molecule has 0 aliphatic carbocycles. The van der Waals surface area contributed by atoms with Crippen LogP contribution in [0.4, 0.5) is 0 Å². The monoisotopic (exact) mass is 348 g/mol. The first-order valence-electron chi connectivity index (χ1n) is 8.99. The molecule has 0 bridgehead atoms. The summed E-state index contributed by atoms with van der Waals surface area (Å²) in [5.41, 5.74) is 2.33. The zero-order valence-corrected chi connectivity index (χ0v) is 15.5. The smallest absolute Gasteiger partial charge is 0.282 e. The second kappa shape index (κ2) is 8.63. The van der Waals surface area contributed by atoms with Crippen LogP contribution in [-0.4, -0.2) is 13.0 Å². The average molecular weight is 349 g/mol. The van der Waals surface area contributed by atoms with Crippen LogP contribution >= 0.6 is 0 Å². The molecule has 2 aromatic rings. The van der Waals surface area contributed by atoms with Crippen molar-refractivity contribution in [3.8, 4) is 0 Å². The number of hydrogen-bond donors (Lipinski definition) is 1. The lowest BCUT2D eigenvalue weighted by Gasteiger charge is -2.13. The van der Waals surface area contributed by atoms with Crippen molar-refractivity contribution < 1.29 is 13.0 Å². The van der Waals surface area contributed by atoms with Gasteiger partial charge in [0.25, 0.3) is 10.1 Å². The van der Waals surface area contributed by atoms with E-state index in [0.29, 0.717) is 0 Å². The van der Waals surface area contributed by atoms with Gasteiger partial charge in [-0.1, -0.05) is 57.7 Å². The maximum atomic E-state index is 11.6. The predicted octanol–water partition coefficient (Wildman–Crippen LogP) is 5.55. The molecule has 0 unspecified atom stereocenters. The highest BCUT2D eigenvalue weighted by atomic mass is 32.2. The number of rotatable bonds is 9. The Kier molecular flexibility index (Phi) is 6.81. The maximum Gasteiger partial charge on any atom is 0.294 e. The molecule has 0 radical (unpaired) electrons. The molecule has 3 nitrogen and oxygen atoms in total. The van der Waals surface area contributed by atoms with E-state index in [1.807, 2.05) is 12.1 Å². The van der Waals surface area contributed by atoms with Crippen molar-refractivity contribution in [3.05, 3.63) is 41.5 Å². The van der Waals surface area contributed by atoms with Gasteiger partial charge in [0, 0.05) is 0 Å². The average Bonchev–Trinajstić information content (AvgIpc) is 2.54. The van der Waals surface area contributed by atoms with Crippen LogP contribution in [0.15, 0.2) is 35.2 Å². The van der Waals surface area contributed by atoms with E-state index >= 15 is 0 Å². The minimum atomic E-state index is -4.18. The highest BCUT2D eigenvalue weighted by Gasteiger charge is 2.15. The van der Waals surface area contributed by atoms with E-state index in [4.69, 9.17) is 0 Å². The minimum absolute atomic E-state index is 0.00667. The standard InChI is InChI=1S/C20H28O3S/c1-3-5-7-10-16-12-9-13-18-15-19(24(21,22)23)14-17(20(16)18)11-8-6-4-2/h9,12-15H,3-8,10-11H2,1-2H3,(H,21,22,23). The van der Waals surface area contributed by atoms with Crippen molar-refractivity contribution in [1.82, 2.24) is 0 Å². The number of aryl methyl sites for hydroxylation is 2. The SMILES string of the molecule is CCCCCc1cccc2cc(S(=O)(=O)O)cc(CCCCC)c12. The molecule has 0 aliphatic rings. The molecule has 132 valence electrons. The van der Waals surface area contributed by atoms with Gasteiger partial charge < -0.3 is 0 Å². The Balaban J connectivity index is 2.52. The molecular weight excluding hydrogens is 320 g/mol. The van der Waals surface area contributed by atoms with Gasteiger partial charge in [-0.2, -0.15) is 8.42 Å². The molecule has 0 aromatic heterocycles. The van der Waals surface area contributed by atoms with Crippen molar-refractivity contribution in [3.63, 3.8) is 0 Å². The number of benzene rings is 2. The summed E-state index contributed by atoms with van der Waals surface area (Å²) < 4.78 is 32.7. The third-order valence-corrected chi connectivity index (χ3v) is 5.35. The van der Waals surface area contributed by atoms with E-state index < -0.39 is 10.1 Å². The lowest BCUT2D eigenvalue weighted by atomic mass is 9.93. The van der Waals surface area contributed by atoms with Gasteiger partial charge in [0.15, 0.2) is 0 Å². The molecule has 2 rings (SSSR count). The third-order valence-electron chi connectivity index (χ3n) is 4.52.